The SMILES string of the molecule is Cn1cc(S(=O)(=O)N2CCCCC2)cc1C(=O)Nc1ccc(-c2ncc3n2CCCC3)cc1. The molecular formula is C24H29N5O3S. The summed E-state index contributed by atoms with van der Waals surface area (Å²) in [5, 5.41) is 2.88. The maximum atomic E-state index is 13.0. The number of aromatic nitrogens is 3. The Hall–Kier alpha value is -2.91. The summed E-state index contributed by atoms with van der Waals surface area (Å²) in [5.74, 6) is 0.612. The molecule has 1 N–H and O–H groups in total. The Morgan fingerprint density at radius 3 is 2.48 bits per heavy atom. The molecule has 174 valence electrons. The molecule has 8 nitrogen and oxygen atoms in total. The molecule has 2 aromatic heterocycles. The van der Waals surface area contributed by atoms with Gasteiger partial charge in [-0.15, -0.1) is 0 Å². The van der Waals surface area contributed by atoms with Crippen molar-refractivity contribution in [2.75, 3.05) is 18.4 Å². The van der Waals surface area contributed by atoms with E-state index in [4.69, 9.17) is 0 Å². The monoisotopic (exact) mass is 467 g/mol. The van der Waals surface area contributed by atoms with Crippen molar-refractivity contribution in [2.24, 2.45) is 7.05 Å². The molecule has 0 radical (unpaired) electrons. The summed E-state index contributed by atoms with van der Waals surface area (Å²) in [7, 11) is -1.90. The van der Waals surface area contributed by atoms with Gasteiger partial charge < -0.3 is 14.5 Å². The molecule has 1 fully saturated rings. The van der Waals surface area contributed by atoms with Crippen molar-refractivity contribution < 1.29 is 13.2 Å². The lowest BCUT2D eigenvalue weighted by Crippen LogP contribution is -2.35. The summed E-state index contributed by atoms with van der Waals surface area (Å²) in [6, 6.07) is 9.08. The zero-order valence-corrected chi connectivity index (χ0v) is 19.6. The maximum absolute atomic E-state index is 13.0. The van der Waals surface area contributed by atoms with Crippen LogP contribution < -0.4 is 5.32 Å². The highest BCUT2D eigenvalue weighted by Crippen LogP contribution is 2.26. The molecule has 1 amide bonds. The lowest BCUT2D eigenvalue weighted by Gasteiger charge is -2.25. The third-order valence-electron chi connectivity index (χ3n) is 6.57. The fourth-order valence-electron chi connectivity index (χ4n) is 4.72. The number of nitrogens with one attached hydrogen (secondary N) is 1. The number of hydrogen-bond donors (Lipinski definition) is 1. The first-order valence-corrected chi connectivity index (χ1v) is 13.0. The van der Waals surface area contributed by atoms with Crippen molar-refractivity contribution in [1.82, 2.24) is 18.4 Å². The number of anilines is 1. The van der Waals surface area contributed by atoms with Crippen LogP contribution in [-0.4, -0.2) is 45.8 Å². The third kappa shape index (κ3) is 4.22. The third-order valence-corrected chi connectivity index (χ3v) is 8.43. The molecule has 0 bridgehead atoms. The summed E-state index contributed by atoms with van der Waals surface area (Å²) < 4.78 is 31.3. The van der Waals surface area contributed by atoms with Crippen LogP contribution in [0.25, 0.3) is 11.4 Å². The molecule has 5 rings (SSSR count). The second kappa shape index (κ2) is 8.79. The Morgan fingerprint density at radius 1 is 1.00 bits per heavy atom. The highest BCUT2D eigenvalue weighted by molar-refractivity contribution is 7.89. The number of hydrogen-bond acceptors (Lipinski definition) is 4. The molecule has 2 aliphatic heterocycles. The van der Waals surface area contributed by atoms with Gasteiger partial charge in [-0.1, -0.05) is 6.42 Å². The zero-order chi connectivity index (χ0) is 23.0. The number of amides is 1. The Morgan fingerprint density at radius 2 is 1.73 bits per heavy atom. The van der Waals surface area contributed by atoms with E-state index in [0.29, 0.717) is 24.5 Å². The van der Waals surface area contributed by atoms with Gasteiger partial charge in [-0.05, 0) is 62.4 Å². The van der Waals surface area contributed by atoms with Gasteiger partial charge in [-0.3, -0.25) is 4.79 Å². The normalized spacial score (nSPS) is 17.0. The molecule has 2 aliphatic rings. The predicted octanol–water partition coefficient (Wildman–Crippen LogP) is 3.65. The number of imidazole rings is 1. The number of fused-ring (bicyclic) bond motifs is 1. The number of aryl methyl sites for hydroxylation is 2. The fourth-order valence-corrected chi connectivity index (χ4v) is 6.31. The van der Waals surface area contributed by atoms with Crippen LogP contribution in [0.15, 0.2) is 47.6 Å². The summed E-state index contributed by atoms with van der Waals surface area (Å²) in [6.45, 7) is 2.05. The van der Waals surface area contributed by atoms with Gasteiger partial charge in [0.2, 0.25) is 10.0 Å². The number of carbonyl (C=O) groups is 1. The van der Waals surface area contributed by atoms with Gasteiger partial charge in [-0.25, -0.2) is 13.4 Å². The molecule has 0 aliphatic carbocycles. The smallest absolute Gasteiger partial charge is 0.272 e. The minimum Gasteiger partial charge on any atom is -0.345 e. The van der Waals surface area contributed by atoms with E-state index in [1.807, 2.05) is 30.5 Å². The van der Waals surface area contributed by atoms with Crippen LogP contribution >= 0.6 is 0 Å². The minimum atomic E-state index is -3.59. The van der Waals surface area contributed by atoms with Gasteiger partial charge in [0.05, 0.1) is 0 Å². The van der Waals surface area contributed by atoms with Crippen molar-refractivity contribution >= 4 is 21.6 Å². The van der Waals surface area contributed by atoms with Crippen molar-refractivity contribution in [3.05, 3.63) is 54.1 Å². The first-order chi connectivity index (χ1) is 15.9. The molecule has 4 heterocycles. The molecule has 0 atom stereocenters. The minimum absolute atomic E-state index is 0.163. The molecule has 0 unspecified atom stereocenters. The number of carbonyl (C=O) groups excluding carboxylic acids is 1. The topological polar surface area (TPSA) is 89.2 Å². The van der Waals surface area contributed by atoms with Crippen LogP contribution in [-0.2, 0) is 30.0 Å². The average Bonchev–Trinajstić information content (AvgIpc) is 3.44. The van der Waals surface area contributed by atoms with Crippen molar-refractivity contribution in [1.29, 1.82) is 0 Å². The Balaban J connectivity index is 1.31. The van der Waals surface area contributed by atoms with Gasteiger partial charge >= 0.3 is 0 Å². The van der Waals surface area contributed by atoms with E-state index in [1.165, 1.54) is 28.7 Å². The van der Waals surface area contributed by atoms with Crippen LogP contribution in [0.5, 0.6) is 0 Å². The maximum Gasteiger partial charge on any atom is 0.272 e. The van der Waals surface area contributed by atoms with E-state index in [9.17, 15) is 13.2 Å². The van der Waals surface area contributed by atoms with Gasteiger partial charge in [0.25, 0.3) is 5.91 Å². The second-order valence-corrected chi connectivity index (χ2v) is 10.8. The standard InChI is InChI=1S/C24H29N5O3S/c1-27-17-21(33(31,32)28-12-4-2-5-13-28)15-22(27)24(30)26-19-10-8-18(9-11-19)23-25-16-20-7-3-6-14-29(20)23/h8-11,15-17H,2-7,12-14H2,1H3,(H,26,30). The lowest BCUT2D eigenvalue weighted by atomic mass is 10.1. The number of piperidine rings is 1. The molecule has 33 heavy (non-hydrogen) atoms. The van der Waals surface area contributed by atoms with Crippen LogP contribution in [0.2, 0.25) is 0 Å². The van der Waals surface area contributed by atoms with Crippen molar-refractivity contribution in [2.45, 2.75) is 50.0 Å². The molecule has 9 heteroatoms. The van der Waals surface area contributed by atoms with Crippen molar-refractivity contribution in [3.8, 4) is 11.4 Å². The van der Waals surface area contributed by atoms with Crippen LogP contribution in [0, 0.1) is 0 Å². The van der Waals surface area contributed by atoms with E-state index in [2.05, 4.69) is 14.9 Å². The van der Waals surface area contributed by atoms with Gasteiger partial charge in [0.1, 0.15) is 16.4 Å². The van der Waals surface area contributed by atoms with E-state index in [-0.39, 0.29) is 10.8 Å². The van der Waals surface area contributed by atoms with Crippen LogP contribution in [0.1, 0.15) is 48.3 Å². The second-order valence-electron chi connectivity index (χ2n) is 8.85. The van der Waals surface area contributed by atoms with Gasteiger partial charge in [0.15, 0.2) is 0 Å². The molecule has 0 spiro atoms. The Bertz CT molecular complexity index is 1270. The Labute approximate surface area is 194 Å². The van der Waals surface area contributed by atoms with Crippen molar-refractivity contribution in [3.63, 3.8) is 0 Å². The summed E-state index contributed by atoms with van der Waals surface area (Å²) >= 11 is 0. The van der Waals surface area contributed by atoms with Gasteiger partial charge in [0, 0.05) is 56.0 Å². The van der Waals surface area contributed by atoms with Crippen LogP contribution in [0.3, 0.4) is 0 Å². The largest absolute Gasteiger partial charge is 0.345 e. The zero-order valence-electron chi connectivity index (χ0n) is 18.8. The molecule has 0 saturated carbocycles. The highest BCUT2D eigenvalue weighted by Gasteiger charge is 2.28. The number of sulfonamides is 1. The fraction of sp³-hybridized carbons (Fsp3) is 0.417. The quantitative estimate of drug-likeness (QED) is 0.620. The van der Waals surface area contributed by atoms with E-state index >= 15 is 0 Å². The molecule has 1 saturated heterocycles. The summed E-state index contributed by atoms with van der Waals surface area (Å²) in [6.07, 6.45) is 9.70. The number of nitrogens with zero attached hydrogens (tertiary/aromatic N) is 4. The first-order valence-electron chi connectivity index (χ1n) is 11.6. The van der Waals surface area contributed by atoms with Crippen LogP contribution in [0.4, 0.5) is 5.69 Å². The van der Waals surface area contributed by atoms with Gasteiger partial charge in [-0.2, -0.15) is 4.31 Å². The summed E-state index contributed by atoms with van der Waals surface area (Å²) in [5.41, 5.74) is 3.23. The van der Waals surface area contributed by atoms with E-state index < -0.39 is 10.0 Å². The highest BCUT2D eigenvalue weighted by atomic mass is 32.2. The van der Waals surface area contributed by atoms with E-state index in [1.54, 1.807) is 11.6 Å². The number of rotatable bonds is 5. The lowest BCUT2D eigenvalue weighted by molar-refractivity contribution is 0.101. The average molecular weight is 468 g/mol. The van der Waals surface area contributed by atoms with E-state index in [0.717, 1.165) is 50.0 Å². The first kappa shape index (κ1) is 21.9. The molecular weight excluding hydrogens is 438 g/mol. The predicted molar refractivity (Wildman–Crippen MR) is 127 cm³/mol. The Kier molecular flexibility index (Phi) is 5.84. The molecule has 1 aromatic carbocycles. The molecule has 3 aromatic rings. The summed E-state index contributed by atoms with van der Waals surface area (Å²) in [4.78, 5) is 17.7. The number of benzene rings is 1.